The molecule has 2 aliphatic heterocycles. The number of benzene rings is 1. The van der Waals surface area contributed by atoms with Crippen LogP contribution < -0.4 is 10.1 Å². The third-order valence-corrected chi connectivity index (χ3v) is 4.72. The van der Waals surface area contributed by atoms with Crippen molar-refractivity contribution in [2.24, 2.45) is 5.92 Å². The molecule has 0 aliphatic carbocycles. The van der Waals surface area contributed by atoms with Gasteiger partial charge in [-0.15, -0.1) is 0 Å². The van der Waals surface area contributed by atoms with Crippen molar-refractivity contribution < 1.29 is 9.47 Å². The van der Waals surface area contributed by atoms with Gasteiger partial charge in [-0.2, -0.15) is 0 Å². The number of rotatable bonds is 7. The van der Waals surface area contributed by atoms with Crippen LogP contribution in [0.4, 0.5) is 0 Å². The van der Waals surface area contributed by atoms with E-state index < -0.39 is 0 Å². The van der Waals surface area contributed by atoms with Gasteiger partial charge in [-0.1, -0.05) is 19.1 Å². The molecule has 1 aromatic rings. The zero-order valence-corrected chi connectivity index (χ0v) is 13.2. The average Bonchev–Trinajstić information content (AvgIpc) is 3.11. The van der Waals surface area contributed by atoms with Crippen molar-refractivity contribution >= 4 is 0 Å². The maximum Gasteiger partial charge on any atom is 0.119 e. The fourth-order valence-corrected chi connectivity index (χ4v) is 3.81. The van der Waals surface area contributed by atoms with Gasteiger partial charge >= 0.3 is 0 Å². The highest BCUT2D eigenvalue weighted by molar-refractivity contribution is 5.31. The Balaban J connectivity index is 1.79. The van der Waals surface area contributed by atoms with Crippen molar-refractivity contribution in [3.05, 3.63) is 29.8 Å². The van der Waals surface area contributed by atoms with E-state index in [0.29, 0.717) is 30.8 Å². The first kappa shape index (κ1) is 14.9. The minimum Gasteiger partial charge on any atom is -0.494 e. The van der Waals surface area contributed by atoms with Gasteiger partial charge in [0.05, 0.1) is 18.8 Å². The van der Waals surface area contributed by atoms with Crippen LogP contribution in [0.5, 0.6) is 5.75 Å². The second-order valence-electron chi connectivity index (χ2n) is 6.21. The van der Waals surface area contributed by atoms with Crippen molar-refractivity contribution in [2.75, 3.05) is 13.2 Å². The molecular weight excluding hydrogens is 262 g/mol. The fraction of sp³-hybridized carbons (Fsp3) is 0.667. The molecule has 0 saturated carbocycles. The lowest BCUT2D eigenvalue weighted by atomic mass is 9.81. The third kappa shape index (κ3) is 3.24. The molecule has 2 heterocycles. The smallest absolute Gasteiger partial charge is 0.119 e. The Morgan fingerprint density at radius 1 is 1.33 bits per heavy atom. The molecule has 0 amide bonds. The number of ether oxygens (including phenoxy) is 2. The van der Waals surface area contributed by atoms with Crippen molar-refractivity contribution in [1.82, 2.24) is 5.32 Å². The quantitative estimate of drug-likeness (QED) is 0.830. The number of hydrogen-bond donors (Lipinski definition) is 1. The van der Waals surface area contributed by atoms with Crippen molar-refractivity contribution in [3.63, 3.8) is 0 Å². The lowest BCUT2D eigenvalue weighted by molar-refractivity contribution is 0.0856. The first-order valence-corrected chi connectivity index (χ1v) is 8.43. The van der Waals surface area contributed by atoms with Crippen LogP contribution in [0.2, 0.25) is 0 Å². The van der Waals surface area contributed by atoms with Gasteiger partial charge in [0, 0.05) is 12.0 Å². The average molecular weight is 289 g/mol. The Morgan fingerprint density at radius 3 is 2.90 bits per heavy atom. The minimum absolute atomic E-state index is 0.389. The molecule has 4 atom stereocenters. The van der Waals surface area contributed by atoms with Crippen molar-refractivity contribution in [2.45, 2.75) is 57.8 Å². The van der Waals surface area contributed by atoms with Gasteiger partial charge in [-0.3, -0.25) is 0 Å². The summed E-state index contributed by atoms with van der Waals surface area (Å²) in [5.41, 5.74) is 1.34. The summed E-state index contributed by atoms with van der Waals surface area (Å²) in [4.78, 5) is 0. The Labute approximate surface area is 128 Å². The summed E-state index contributed by atoms with van der Waals surface area (Å²) in [6.07, 6.45) is 5.78. The fourth-order valence-electron chi connectivity index (χ4n) is 3.81. The monoisotopic (exact) mass is 289 g/mol. The van der Waals surface area contributed by atoms with Gasteiger partial charge in [-0.25, -0.2) is 0 Å². The van der Waals surface area contributed by atoms with Crippen LogP contribution in [-0.2, 0) is 4.74 Å². The highest BCUT2D eigenvalue weighted by atomic mass is 16.5. The number of hydrogen-bond acceptors (Lipinski definition) is 3. The molecule has 2 fully saturated rings. The molecule has 2 aliphatic rings. The second-order valence-corrected chi connectivity index (χ2v) is 6.21. The summed E-state index contributed by atoms with van der Waals surface area (Å²) in [6.45, 7) is 6.02. The van der Waals surface area contributed by atoms with Crippen LogP contribution in [0.1, 0.15) is 51.1 Å². The molecule has 3 rings (SSSR count). The molecule has 0 aromatic heterocycles. The van der Waals surface area contributed by atoms with E-state index in [1.807, 2.05) is 13.0 Å². The van der Waals surface area contributed by atoms with E-state index in [9.17, 15) is 0 Å². The standard InChI is InChI=1S/C18H27NO2/c1-3-10-19-18(16-12-15-8-9-17(16)21-15)13-6-5-7-14(11-13)20-4-2/h5-7,11,15-19H,3-4,8-10,12H2,1-2H3. The van der Waals surface area contributed by atoms with Gasteiger partial charge in [0.2, 0.25) is 0 Å². The Morgan fingerprint density at radius 2 is 2.24 bits per heavy atom. The van der Waals surface area contributed by atoms with E-state index in [1.54, 1.807) is 0 Å². The number of fused-ring (bicyclic) bond motifs is 2. The Bertz CT molecular complexity index is 462. The van der Waals surface area contributed by atoms with Crippen molar-refractivity contribution in [1.29, 1.82) is 0 Å². The highest BCUT2D eigenvalue weighted by Gasteiger charge is 2.44. The van der Waals surface area contributed by atoms with Crippen LogP contribution in [-0.4, -0.2) is 25.4 Å². The molecule has 2 bridgehead atoms. The van der Waals surface area contributed by atoms with Crippen LogP contribution in [0.15, 0.2) is 24.3 Å². The van der Waals surface area contributed by atoms with Gasteiger partial charge in [-0.05, 0) is 56.8 Å². The van der Waals surface area contributed by atoms with E-state index in [2.05, 4.69) is 30.4 Å². The molecule has 4 unspecified atom stereocenters. The van der Waals surface area contributed by atoms with Crippen LogP contribution in [0.25, 0.3) is 0 Å². The van der Waals surface area contributed by atoms with Crippen LogP contribution >= 0.6 is 0 Å². The lowest BCUT2D eigenvalue weighted by Crippen LogP contribution is -2.34. The van der Waals surface area contributed by atoms with Gasteiger partial charge in [0.15, 0.2) is 0 Å². The normalized spacial score (nSPS) is 28.8. The summed E-state index contributed by atoms with van der Waals surface area (Å²) in [5, 5.41) is 3.75. The zero-order valence-electron chi connectivity index (χ0n) is 13.2. The van der Waals surface area contributed by atoms with Gasteiger partial charge in [0.1, 0.15) is 5.75 Å². The first-order chi connectivity index (χ1) is 10.3. The Kier molecular flexibility index (Phi) is 4.81. The van der Waals surface area contributed by atoms with E-state index in [0.717, 1.165) is 18.7 Å². The second kappa shape index (κ2) is 6.80. The van der Waals surface area contributed by atoms with E-state index >= 15 is 0 Å². The predicted molar refractivity (Wildman–Crippen MR) is 84.6 cm³/mol. The topological polar surface area (TPSA) is 30.5 Å². The van der Waals surface area contributed by atoms with Gasteiger partial charge < -0.3 is 14.8 Å². The van der Waals surface area contributed by atoms with Crippen LogP contribution in [0.3, 0.4) is 0 Å². The van der Waals surface area contributed by atoms with E-state index in [1.165, 1.54) is 24.8 Å². The minimum atomic E-state index is 0.389. The Hall–Kier alpha value is -1.06. The third-order valence-electron chi connectivity index (χ3n) is 4.72. The molecule has 116 valence electrons. The lowest BCUT2D eigenvalue weighted by Gasteiger charge is -2.30. The molecule has 1 aromatic carbocycles. The summed E-state index contributed by atoms with van der Waals surface area (Å²) < 4.78 is 11.7. The maximum atomic E-state index is 6.07. The molecule has 1 N–H and O–H groups in total. The first-order valence-electron chi connectivity index (χ1n) is 8.43. The van der Waals surface area contributed by atoms with E-state index in [4.69, 9.17) is 9.47 Å². The van der Waals surface area contributed by atoms with Crippen LogP contribution in [0, 0.1) is 5.92 Å². The molecule has 0 spiro atoms. The van der Waals surface area contributed by atoms with Gasteiger partial charge in [0.25, 0.3) is 0 Å². The van der Waals surface area contributed by atoms with E-state index in [-0.39, 0.29) is 0 Å². The molecular formula is C18H27NO2. The molecule has 3 heteroatoms. The predicted octanol–water partition coefficient (Wildman–Crippen LogP) is 3.69. The number of nitrogens with one attached hydrogen (secondary N) is 1. The molecule has 2 saturated heterocycles. The molecule has 21 heavy (non-hydrogen) atoms. The van der Waals surface area contributed by atoms with Crippen molar-refractivity contribution in [3.8, 4) is 5.75 Å². The highest BCUT2D eigenvalue weighted by Crippen LogP contribution is 2.45. The largest absolute Gasteiger partial charge is 0.494 e. The maximum absolute atomic E-state index is 6.07. The summed E-state index contributed by atoms with van der Waals surface area (Å²) in [6, 6.07) is 8.96. The summed E-state index contributed by atoms with van der Waals surface area (Å²) in [5.74, 6) is 1.58. The molecule has 0 radical (unpaired) electrons. The zero-order chi connectivity index (χ0) is 14.7. The summed E-state index contributed by atoms with van der Waals surface area (Å²) >= 11 is 0. The summed E-state index contributed by atoms with van der Waals surface area (Å²) in [7, 11) is 0. The molecule has 3 nitrogen and oxygen atoms in total. The SMILES string of the molecule is CCCNC(c1cccc(OCC)c1)C1CC2CCC1O2.